The molecule has 6 nitrogen and oxygen atoms in total. The van der Waals surface area contributed by atoms with E-state index in [0.29, 0.717) is 44.0 Å². The molecule has 0 aromatic heterocycles. The molecule has 1 aromatic carbocycles. The van der Waals surface area contributed by atoms with Gasteiger partial charge in [0, 0.05) is 49.9 Å². The van der Waals surface area contributed by atoms with Crippen molar-refractivity contribution < 1.29 is 27.5 Å². The Hall–Kier alpha value is -2.10. The number of halogens is 3. The Morgan fingerprint density at radius 3 is 2.20 bits per heavy atom. The van der Waals surface area contributed by atoms with Crippen LogP contribution in [0.15, 0.2) is 23.1 Å². The predicted molar refractivity (Wildman–Crippen MR) is 107 cm³/mol. The summed E-state index contributed by atoms with van der Waals surface area (Å²) >= 11 is 1.46. The van der Waals surface area contributed by atoms with Crippen LogP contribution in [0.4, 0.5) is 22.8 Å². The number of ether oxygens (including phenoxy) is 1. The van der Waals surface area contributed by atoms with Gasteiger partial charge >= 0.3 is 18.3 Å². The van der Waals surface area contributed by atoms with E-state index in [4.69, 9.17) is 4.74 Å². The van der Waals surface area contributed by atoms with Gasteiger partial charge in [0.25, 0.3) is 0 Å². The third-order valence-corrected chi connectivity index (χ3v) is 5.94. The maximum Gasteiger partial charge on any atom is 0.416 e. The zero-order valence-corrected chi connectivity index (χ0v) is 18.1. The second-order valence-corrected chi connectivity index (χ2v) is 9.46. The lowest BCUT2D eigenvalue weighted by atomic mass is 10.1. The second kappa shape index (κ2) is 8.56. The molecule has 1 aromatic rings. The molecule has 2 aliphatic rings. The summed E-state index contributed by atoms with van der Waals surface area (Å²) < 4.78 is 44.6. The van der Waals surface area contributed by atoms with Gasteiger partial charge in [0.1, 0.15) is 5.60 Å². The highest BCUT2D eigenvalue weighted by Crippen LogP contribution is 2.35. The topological polar surface area (TPSA) is 53.1 Å². The molecule has 2 aliphatic heterocycles. The molecule has 1 fully saturated rings. The highest BCUT2D eigenvalue weighted by atomic mass is 32.2. The Kier molecular flexibility index (Phi) is 6.45. The van der Waals surface area contributed by atoms with Crippen molar-refractivity contribution in [2.45, 2.75) is 44.0 Å². The van der Waals surface area contributed by atoms with Crippen LogP contribution < -0.4 is 0 Å². The van der Waals surface area contributed by atoms with Crippen molar-refractivity contribution in [1.29, 1.82) is 0 Å². The van der Waals surface area contributed by atoms with Crippen LogP contribution >= 0.6 is 11.8 Å². The van der Waals surface area contributed by atoms with Crippen LogP contribution in [-0.2, 0) is 17.5 Å². The van der Waals surface area contributed by atoms with Crippen LogP contribution in [0, 0.1) is 0 Å². The average Bonchev–Trinajstić information content (AvgIpc) is 2.87. The van der Waals surface area contributed by atoms with E-state index in [0.717, 1.165) is 17.0 Å². The molecule has 3 amide bonds. The highest BCUT2D eigenvalue weighted by molar-refractivity contribution is 7.99. The zero-order chi connectivity index (χ0) is 22.1. The molecule has 0 spiro atoms. The van der Waals surface area contributed by atoms with E-state index in [1.54, 1.807) is 35.5 Å². The van der Waals surface area contributed by atoms with Gasteiger partial charge in [0.2, 0.25) is 0 Å². The van der Waals surface area contributed by atoms with E-state index in [2.05, 4.69) is 0 Å². The fourth-order valence-electron chi connectivity index (χ4n) is 3.34. The number of carbonyl (C=O) groups excluding carboxylic acids is 2. The van der Waals surface area contributed by atoms with Crippen molar-refractivity contribution >= 4 is 23.9 Å². The van der Waals surface area contributed by atoms with Gasteiger partial charge in [-0.2, -0.15) is 13.2 Å². The van der Waals surface area contributed by atoms with E-state index in [-0.39, 0.29) is 12.6 Å². The summed E-state index contributed by atoms with van der Waals surface area (Å²) in [6, 6.07) is 3.48. The van der Waals surface area contributed by atoms with Gasteiger partial charge < -0.3 is 19.4 Å². The Bertz CT molecular complexity index is 803. The number of hydrogen-bond donors (Lipinski definition) is 0. The Morgan fingerprint density at radius 1 is 0.967 bits per heavy atom. The summed E-state index contributed by atoms with van der Waals surface area (Å²) in [6.07, 6.45) is -4.83. The maximum absolute atomic E-state index is 13.1. The van der Waals surface area contributed by atoms with Gasteiger partial charge in [-0.3, -0.25) is 0 Å². The minimum atomic E-state index is -4.42. The molecular weight excluding hydrogens is 419 g/mol. The molecule has 10 heteroatoms. The maximum atomic E-state index is 13.1. The second-order valence-electron chi connectivity index (χ2n) is 8.33. The lowest BCUT2D eigenvalue weighted by Crippen LogP contribution is -2.54. The molecule has 30 heavy (non-hydrogen) atoms. The number of alkyl halides is 3. The average molecular weight is 446 g/mol. The van der Waals surface area contributed by atoms with Crippen molar-refractivity contribution in [3.8, 4) is 0 Å². The fraction of sp³-hybridized carbons (Fsp3) is 0.600. The van der Waals surface area contributed by atoms with Crippen LogP contribution in [-0.4, -0.2) is 70.9 Å². The number of hydrogen-bond acceptors (Lipinski definition) is 4. The van der Waals surface area contributed by atoms with Gasteiger partial charge in [-0.15, -0.1) is 11.8 Å². The van der Waals surface area contributed by atoms with Crippen molar-refractivity contribution in [3.05, 3.63) is 29.3 Å². The van der Waals surface area contributed by atoms with Gasteiger partial charge in [0.15, 0.2) is 0 Å². The summed E-state index contributed by atoms with van der Waals surface area (Å²) in [6.45, 7) is 7.41. The van der Waals surface area contributed by atoms with E-state index >= 15 is 0 Å². The molecule has 0 aliphatic carbocycles. The summed E-state index contributed by atoms with van der Waals surface area (Å²) in [5.41, 5.74) is -0.786. The molecule has 0 bridgehead atoms. The van der Waals surface area contributed by atoms with E-state index < -0.39 is 23.4 Å². The Morgan fingerprint density at radius 2 is 1.60 bits per heavy atom. The Labute approximate surface area is 178 Å². The first-order chi connectivity index (χ1) is 13.9. The van der Waals surface area contributed by atoms with Crippen molar-refractivity contribution in [1.82, 2.24) is 14.7 Å². The third kappa shape index (κ3) is 5.53. The van der Waals surface area contributed by atoms with Crippen molar-refractivity contribution in [2.24, 2.45) is 0 Å². The summed E-state index contributed by atoms with van der Waals surface area (Å²) in [5, 5.41) is 0. The Balaban J connectivity index is 1.63. The molecule has 1 saturated heterocycles. The third-order valence-electron chi connectivity index (χ3n) is 4.84. The molecule has 2 heterocycles. The number of carbonyl (C=O) groups is 2. The van der Waals surface area contributed by atoms with Gasteiger partial charge in [-0.25, -0.2) is 9.59 Å². The lowest BCUT2D eigenvalue weighted by molar-refractivity contribution is -0.137. The van der Waals surface area contributed by atoms with Crippen LogP contribution in [0.2, 0.25) is 0 Å². The quantitative estimate of drug-likeness (QED) is 0.598. The summed E-state index contributed by atoms with van der Waals surface area (Å²) in [5.74, 6) is 0.613. The van der Waals surface area contributed by atoms with Crippen LogP contribution in [0.3, 0.4) is 0 Å². The van der Waals surface area contributed by atoms with Gasteiger partial charge in [-0.05, 0) is 44.5 Å². The molecule has 0 saturated carbocycles. The fourth-order valence-corrected chi connectivity index (χ4v) is 4.35. The predicted octanol–water partition coefficient (Wildman–Crippen LogP) is 4.29. The minimum absolute atomic E-state index is 0.136. The van der Waals surface area contributed by atoms with Gasteiger partial charge in [-0.1, -0.05) is 0 Å². The molecule has 0 unspecified atom stereocenters. The van der Waals surface area contributed by atoms with E-state index in [1.807, 2.05) is 0 Å². The SMILES string of the molecule is CC(C)(C)OC(=O)N1CCN(C(=O)N2CCSc3ccc(C(F)(F)F)cc3C2)CC1. The molecule has 0 N–H and O–H groups in total. The smallest absolute Gasteiger partial charge is 0.416 e. The molecule has 166 valence electrons. The highest BCUT2D eigenvalue weighted by Gasteiger charge is 2.33. The normalized spacial score (nSPS) is 18.0. The number of rotatable bonds is 0. The first-order valence-corrected chi connectivity index (χ1v) is 10.8. The van der Waals surface area contributed by atoms with Crippen LogP contribution in [0.1, 0.15) is 31.9 Å². The summed E-state index contributed by atoms with van der Waals surface area (Å²) in [7, 11) is 0. The van der Waals surface area contributed by atoms with E-state index in [9.17, 15) is 22.8 Å². The van der Waals surface area contributed by atoms with Crippen molar-refractivity contribution in [2.75, 3.05) is 38.5 Å². The number of nitrogens with zero attached hydrogens (tertiary/aromatic N) is 3. The first kappa shape index (κ1) is 22.6. The molecular formula is C20H26F3N3O3S. The number of fused-ring (bicyclic) bond motifs is 1. The van der Waals surface area contributed by atoms with Crippen LogP contribution in [0.5, 0.6) is 0 Å². The number of thioether (sulfide) groups is 1. The van der Waals surface area contributed by atoms with Crippen molar-refractivity contribution in [3.63, 3.8) is 0 Å². The molecule has 3 rings (SSSR count). The summed E-state index contributed by atoms with van der Waals surface area (Å²) in [4.78, 5) is 30.7. The van der Waals surface area contributed by atoms with Crippen LogP contribution in [0.25, 0.3) is 0 Å². The molecule has 0 atom stereocenters. The molecule has 0 radical (unpaired) electrons. The minimum Gasteiger partial charge on any atom is -0.444 e. The monoisotopic (exact) mass is 445 g/mol. The standard InChI is InChI=1S/C20H26F3N3O3S/c1-19(2,3)29-18(28)25-8-6-24(7-9-25)17(27)26-10-11-30-16-5-4-15(20(21,22)23)12-14(16)13-26/h4-5,12H,6-11,13H2,1-3H3. The van der Waals surface area contributed by atoms with E-state index in [1.165, 1.54) is 17.8 Å². The number of benzene rings is 1. The lowest BCUT2D eigenvalue weighted by Gasteiger charge is -2.37. The zero-order valence-electron chi connectivity index (χ0n) is 17.3. The number of piperazine rings is 1. The number of amides is 3. The number of urea groups is 1. The largest absolute Gasteiger partial charge is 0.444 e. The van der Waals surface area contributed by atoms with Gasteiger partial charge in [0.05, 0.1) is 5.56 Å². The first-order valence-electron chi connectivity index (χ1n) is 9.79.